The van der Waals surface area contributed by atoms with E-state index in [-0.39, 0.29) is 11.3 Å². The first-order valence-corrected chi connectivity index (χ1v) is 7.27. The van der Waals surface area contributed by atoms with Gasteiger partial charge in [0.2, 0.25) is 0 Å². The van der Waals surface area contributed by atoms with Gasteiger partial charge in [0.1, 0.15) is 17.7 Å². The Morgan fingerprint density at radius 2 is 2.08 bits per heavy atom. The van der Waals surface area contributed by atoms with Crippen LogP contribution in [0.5, 0.6) is 0 Å². The van der Waals surface area contributed by atoms with E-state index in [4.69, 9.17) is 11.0 Å². The fraction of sp³-hybridized carbons (Fsp3) is 0.167. The molecule has 122 valence electrons. The van der Waals surface area contributed by atoms with Crippen LogP contribution < -0.4 is 5.73 Å². The van der Waals surface area contributed by atoms with E-state index < -0.39 is 11.6 Å². The van der Waals surface area contributed by atoms with Crippen molar-refractivity contribution in [3.63, 3.8) is 0 Å². The number of nitrogens with two attached hydrogens (primary N) is 1. The SMILES string of the molecule is CN=C(C=CN)c1cc(CCc2ncc(C#N)cc2F)ccc1F. The maximum absolute atomic E-state index is 14.0. The van der Waals surface area contributed by atoms with Gasteiger partial charge in [0, 0.05) is 18.8 Å². The zero-order chi connectivity index (χ0) is 17.5. The Morgan fingerprint density at radius 1 is 1.29 bits per heavy atom. The molecule has 2 rings (SSSR count). The predicted molar refractivity (Wildman–Crippen MR) is 88.5 cm³/mol. The van der Waals surface area contributed by atoms with Crippen LogP contribution in [0.25, 0.3) is 0 Å². The number of halogens is 2. The number of benzene rings is 1. The van der Waals surface area contributed by atoms with Crippen molar-refractivity contribution in [3.8, 4) is 6.07 Å². The minimum absolute atomic E-state index is 0.178. The summed E-state index contributed by atoms with van der Waals surface area (Å²) in [6.45, 7) is 0. The Balaban J connectivity index is 2.21. The molecule has 4 nitrogen and oxygen atoms in total. The van der Waals surface area contributed by atoms with Crippen molar-refractivity contribution in [2.45, 2.75) is 12.8 Å². The largest absolute Gasteiger partial charge is 0.405 e. The van der Waals surface area contributed by atoms with E-state index in [0.29, 0.717) is 24.1 Å². The van der Waals surface area contributed by atoms with Crippen LogP contribution in [0.2, 0.25) is 0 Å². The van der Waals surface area contributed by atoms with Crippen LogP contribution in [-0.4, -0.2) is 17.7 Å². The lowest BCUT2D eigenvalue weighted by atomic mass is 10.0. The maximum Gasteiger partial charge on any atom is 0.146 e. The minimum Gasteiger partial charge on any atom is -0.405 e. The number of nitriles is 1. The van der Waals surface area contributed by atoms with Crippen molar-refractivity contribution in [2.24, 2.45) is 10.7 Å². The van der Waals surface area contributed by atoms with E-state index >= 15 is 0 Å². The fourth-order valence-corrected chi connectivity index (χ4v) is 2.27. The zero-order valence-electron chi connectivity index (χ0n) is 13.1. The lowest BCUT2D eigenvalue weighted by Crippen LogP contribution is -2.04. The summed E-state index contributed by atoms with van der Waals surface area (Å²) in [4.78, 5) is 7.97. The van der Waals surface area contributed by atoms with Crippen LogP contribution in [0.4, 0.5) is 8.78 Å². The summed E-state index contributed by atoms with van der Waals surface area (Å²) in [7, 11) is 1.55. The average Bonchev–Trinajstić information content (AvgIpc) is 2.60. The third kappa shape index (κ3) is 4.02. The van der Waals surface area contributed by atoms with Gasteiger partial charge in [0.15, 0.2) is 0 Å². The second-order valence-electron chi connectivity index (χ2n) is 5.05. The molecule has 0 saturated carbocycles. The Morgan fingerprint density at radius 3 is 2.71 bits per heavy atom. The third-order valence-electron chi connectivity index (χ3n) is 3.50. The first kappa shape index (κ1) is 17.3. The molecule has 0 amide bonds. The van der Waals surface area contributed by atoms with Crippen molar-refractivity contribution >= 4 is 5.71 Å². The lowest BCUT2D eigenvalue weighted by Gasteiger charge is -2.07. The number of allylic oxidation sites excluding steroid dienone is 1. The van der Waals surface area contributed by atoms with Gasteiger partial charge in [0.25, 0.3) is 0 Å². The number of pyridine rings is 1. The smallest absolute Gasteiger partial charge is 0.146 e. The summed E-state index contributed by atoms with van der Waals surface area (Å²) >= 11 is 0. The molecule has 0 aliphatic carbocycles. The van der Waals surface area contributed by atoms with Gasteiger partial charge in [-0.25, -0.2) is 8.78 Å². The van der Waals surface area contributed by atoms with Crippen molar-refractivity contribution in [3.05, 3.63) is 76.8 Å². The van der Waals surface area contributed by atoms with Gasteiger partial charge in [0.05, 0.1) is 17.0 Å². The molecule has 0 bridgehead atoms. The van der Waals surface area contributed by atoms with E-state index in [2.05, 4.69) is 9.98 Å². The molecule has 24 heavy (non-hydrogen) atoms. The summed E-state index contributed by atoms with van der Waals surface area (Å²) in [5.74, 6) is -0.918. The molecular formula is C18H16F2N4. The minimum atomic E-state index is -0.516. The Labute approximate surface area is 139 Å². The highest BCUT2D eigenvalue weighted by atomic mass is 19.1. The van der Waals surface area contributed by atoms with E-state index in [0.717, 1.165) is 11.6 Å². The Hall–Kier alpha value is -3.07. The molecule has 0 unspecified atom stereocenters. The molecule has 6 heteroatoms. The van der Waals surface area contributed by atoms with Crippen LogP contribution >= 0.6 is 0 Å². The highest BCUT2D eigenvalue weighted by Crippen LogP contribution is 2.16. The molecule has 0 fully saturated rings. The number of hydrogen-bond acceptors (Lipinski definition) is 4. The standard InChI is InChI=1S/C18H16F2N4/c1-23-17(6-7-21)14-8-12(2-4-15(14)19)3-5-18-16(20)9-13(10-22)11-24-18/h2,4,6-9,11H,3,5,21H2,1H3. The highest BCUT2D eigenvalue weighted by molar-refractivity contribution is 6.08. The molecule has 2 N–H and O–H groups in total. The van der Waals surface area contributed by atoms with Gasteiger partial charge >= 0.3 is 0 Å². The van der Waals surface area contributed by atoms with Crippen molar-refractivity contribution in [1.82, 2.24) is 4.98 Å². The second-order valence-corrected chi connectivity index (χ2v) is 5.05. The number of aromatic nitrogens is 1. The highest BCUT2D eigenvalue weighted by Gasteiger charge is 2.10. The van der Waals surface area contributed by atoms with Crippen molar-refractivity contribution < 1.29 is 8.78 Å². The van der Waals surface area contributed by atoms with Gasteiger partial charge in [-0.15, -0.1) is 0 Å². The third-order valence-corrected chi connectivity index (χ3v) is 3.50. The number of nitrogens with zero attached hydrogens (tertiary/aromatic N) is 3. The van der Waals surface area contributed by atoms with Crippen molar-refractivity contribution in [1.29, 1.82) is 5.26 Å². The number of rotatable bonds is 5. The van der Waals surface area contributed by atoms with Crippen LogP contribution in [0.15, 0.2) is 47.7 Å². The Kier molecular flexibility index (Phi) is 5.74. The second kappa shape index (κ2) is 7.97. The topological polar surface area (TPSA) is 75.1 Å². The van der Waals surface area contributed by atoms with Gasteiger partial charge in [-0.3, -0.25) is 9.98 Å². The molecule has 0 radical (unpaired) electrons. The molecule has 2 aromatic rings. The summed E-state index contributed by atoms with van der Waals surface area (Å²) in [5, 5.41) is 8.72. The average molecular weight is 326 g/mol. The van der Waals surface area contributed by atoms with Crippen LogP contribution in [0.1, 0.15) is 22.4 Å². The van der Waals surface area contributed by atoms with Crippen LogP contribution in [0.3, 0.4) is 0 Å². The predicted octanol–water partition coefficient (Wildman–Crippen LogP) is 2.91. The van der Waals surface area contributed by atoms with Crippen LogP contribution in [0, 0.1) is 23.0 Å². The molecule has 1 aromatic carbocycles. The first-order valence-electron chi connectivity index (χ1n) is 7.27. The number of hydrogen-bond donors (Lipinski definition) is 1. The summed E-state index contributed by atoms with van der Waals surface area (Å²) < 4.78 is 27.8. The molecular weight excluding hydrogens is 310 g/mol. The van der Waals surface area contributed by atoms with E-state index in [1.54, 1.807) is 19.2 Å². The molecule has 0 spiro atoms. The summed E-state index contributed by atoms with van der Waals surface area (Å²) in [5.41, 5.74) is 7.39. The monoisotopic (exact) mass is 326 g/mol. The summed E-state index contributed by atoms with van der Waals surface area (Å²) in [6, 6.07) is 7.65. The molecule has 0 aliphatic heterocycles. The van der Waals surface area contributed by atoms with Gasteiger partial charge in [-0.05, 0) is 48.9 Å². The van der Waals surface area contributed by atoms with Crippen LogP contribution in [-0.2, 0) is 12.8 Å². The summed E-state index contributed by atoms with van der Waals surface area (Å²) in [6.07, 6.45) is 4.97. The van der Waals surface area contributed by atoms with Gasteiger partial charge in [-0.1, -0.05) is 6.07 Å². The van der Waals surface area contributed by atoms with E-state index in [1.807, 2.05) is 6.07 Å². The van der Waals surface area contributed by atoms with E-state index in [1.165, 1.54) is 24.5 Å². The molecule has 1 aromatic heterocycles. The quantitative estimate of drug-likeness (QED) is 0.859. The van der Waals surface area contributed by atoms with Gasteiger partial charge in [-0.2, -0.15) is 5.26 Å². The number of aliphatic imine (C=N–C) groups is 1. The Bertz CT molecular complexity index is 835. The maximum atomic E-state index is 14.0. The molecule has 0 atom stereocenters. The first-order chi connectivity index (χ1) is 11.6. The van der Waals surface area contributed by atoms with Crippen molar-refractivity contribution in [2.75, 3.05) is 7.05 Å². The molecule has 1 heterocycles. The fourth-order valence-electron chi connectivity index (χ4n) is 2.27. The molecule has 0 aliphatic rings. The number of aryl methyl sites for hydroxylation is 2. The van der Waals surface area contributed by atoms with E-state index in [9.17, 15) is 8.78 Å². The molecule has 0 saturated heterocycles. The normalized spacial score (nSPS) is 11.7. The lowest BCUT2D eigenvalue weighted by molar-refractivity contribution is 0.596. The van der Waals surface area contributed by atoms with Gasteiger partial charge < -0.3 is 5.73 Å². The zero-order valence-corrected chi connectivity index (χ0v) is 13.1.